The van der Waals surface area contributed by atoms with Crippen molar-refractivity contribution < 1.29 is 9.59 Å². The third-order valence-corrected chi connectivity index (χ3v) is 4.76. The molecule has 144 valence electrons. The molecule has 0 saturated carbocycles. The van der Waals surface area contributed by atoms with Crippen LogP contribution in [0.1, 0.15) is 34.8 Å². The lowest BCUT2D eigenvalue weighted by Gasteiger charge is -2.18. The Morgan fingerprint density at radius 2 is 1.93 bits per heavy atom. The van der Waals surface area contributed by atoms with E-state index in [9.17, 15) is 9.59 Å². The van der Waals surface area contributed by atoms with Gasteiger partial charge in [-0.15, -0.1) is 0 Å². The number of nitrogens with zero attached hydrogens (tertiary/aromatic N) is 4. The van der Waals surface area contributed by atoms with Gasteiger partial charge in [0.05, 0.1) is 11.9 Å². The molecule has 0 bridgehead atoms. The molecular weight excluding hydrogens is 352 g/mol. The Morgan fingerprint density at radius 1 is 1.14 bits per heavy atom. The summed E-state index contributed by atoms with van der Waals surface area (Å²) in [6.45, 7) is 3.84. The maximum atomic E-state index is 12.4. The molecule has 0 aliphatic rings. The van der Waals surface area contributed by atoms with Crippen molar-refractivity contribution in [1.29, 1.82) is 0 Å². The average Bonchev–Trinajstić information content (AvgIpc) is 3.11. The zero-order valence-corrected chi connectivity index (χ0v) is 16.6. The molecule has 0 atom stereocenters. The molecule has 0 fully saturated rings. The van der Waals surface area contributed by atoms with Gasteiger partial charge in [-0.05, 0) is 42.3 Å². The lowest BCUT2D eigenvalue weighted by atomic mass is 10.0. The fourth-order valence-electron chi connectivity index (χ4n) is 3.09. The molecule has 3 aromatic rings. The molecule has 28 heavy (non-hydrogen) atoms. The van der Waals surface area contributed by atoms with Crippen LogP contribution >= 0.6 is 0 Å². The van der Waals surface area contributed by atoms with E-state index in [2.05, 4.69) is 10.1 Å². The first-order chi connectivity index (χ1) is 13.4. The van der Waals surface area contributed by atoms with Gasteiger partial charge < -0.3 is 4.90 Å². The fourth-order valence-corrected chi connectivity index (χ4v) is 3.09. The molecule has 6 heteroatoms. The zero-order chi connectivity index (χ0) is 20.3. The molecule has 6 nitrogen and oxygen atoms in total. The summed E-state index contributed by atoms with van der Waals surface area (Å²) >= 11 is 0. The summed E-state index contributed by atoms with van der Waals surface area (Å²) in [5.41, 5.74) is 5.12. The predicted octanol–water partition coefficient (Wildman–Crippen LogP) is 3.59. The average molecular weight is 376 g/mol. The number of ketones is 1. The van der Waals surface area contributed by atoms with Crippen LogP contribution in [0.15, 0.2) is 48.9 Å². The van der Waals surface area contributed by atoms with Crippen LogP contribution in [0, 0.1) is 6.92 Å². The van der Waals surface area contributed by atoms with Gasteiger partial charge in [-0.1, -0.05) is 13.0 Å². The molecule has 0 radical (unpaired) electrons. The van der Waals surface area contributed by atoms with Crippen LogP contribution in [0.4, 0.5) is 5.69 Å². The molecule has 0 saturated heterocycles. The van der Waals surface area contributed by atoms with Gasteiger partial charge in [0.25, 0.3) is 0 Å². The standard InChI is InChI=1S/C22H24N4O2/c1-5-22(28)26(4)18-7-8-19(15(2)10-18)20-9-6-17(13-23-20)21(27)11-16-12-24-25(3)14-16/h6-10,12-14H,5,11H2,1-4H3. The Balaban J connectivity index is 1.77. The van der Waals surface area contributed by atoms with Crippen LogP contribution < -0.4 is 4.90 Å². The summed E-state index contributed by atoms with van der Waals surface area (Å²) in [5.74, 6) is 0.0839. The Bertz CT molecular complexity index is 1010. The minimum atomic E-state index is 0.0128. The first-order valence-corrected chi connectivity index (χ1v) is 9.23. The topological polar surface area (TPSA) is 68.1 Å². The van der Waals surface area contributed by atoms with Crippen molar-refractivity contribution in [3.05, 3.63) is 65.6 Å². The van der Waals surface area contributed by atoms with Crippen LogP contribution in [0.5, 0.6) is 0 Å². The van der Waals surface area contributed by atoms with Gasteiger partial charge in [-0.2, -0.15) is 5.10 Å². The Labute approximate surface area is 164 Å². The SMILES string of the molecule is CCC(=O)N(C)c1ccc(-c2ccc(C(=O)Cc3cnn(C)c3)cn2)c(C)c1. The number of Topliss-reactive ketones (excluding diaryl/α,β-unsaturated/α-hetero) is 1. The van der Waals surface area contributed by atoms with Gasteiger partial charge in [0.15, 0.2) is 5.78 Å². The number of carbonyl (C=O) groups is 2. The van der Waals surface area contributed by atoms with Gasteiger partial charge >= 0.3 is 0 Å². The summed E-state index contributed by atoms with van der Waals surface area (Å²) in [6.07, 6.45) is 5.93. The van der Waals surface area contributed by atoms with E-state index in [1.165, 1.54) is 0 Å². The highest BCUT2D eigenvalue weighted by atomic mass is 16.2. The number of anilines is 1. The Kier molecular flexibility index (Phi) is 5.68. The number of benzene rings is 1. The molecule has 0 aliphatic heterocycles. The van der Waals surface area contributed by atoms with E-state index in [4.69, 9.17) is 0 Å². The summed E-state index contributed by atoms with van der Waals surface area (Å²) in [6, 6.07) is 9.52. The Hall–Kier alpha value is -3.28. The highest BCUT2D eigenvalue weighted by Gasteiger charge is 2.13. The predicted molar refractivity (Wildman–Crippen MR) is 109 cm³/mol. The molecular formula is C22H24N4O2. The molecule has 2 aromatic heterocycles. The van der Waals surface area contributed by atoms with Crippen LogP contribution in [0.25, 0.3) is 11.3 Å². The summed E-state index contributed by atoms with van der Waals surface area (Å²) in [4.78, 5) is 30.5. The number of pyridine rings is 1. The van der Waals surface area contributed by atoms with Crippen LogP contribution in [-0.4, -0.2) is 33.5 Å². The summed E-state index contributed by atoms with van der Waals surface area (Å²) in [5, 5.41) is 4.09. The highest BCUT2D eigenvalue weighted by Crippen LogP contribution is 2.26. The molecule has 3 rings (SSSR count). The van der Waals surface area contributed by atoms with E-state index in [-0.39, 0.29) is 11.7 Å². The molecule has 0 aliphatic carbocycles. The minimum absolute atomic E-state index is 0.0128. The second kappa shape index (κ2) is 8.17. The van der Waals surface area contributed by atoms with Crippen molar-refractivity contribution in [2.75, 3.05) is 11.9 Å². The summed E-state index contributed by atoms with van der Waals surface area (Å²) in [7, 11) is 3.61. The zero-order valence-electron chi connectivity index (χ0n) is 16.6. The number of hydrogen-bond acceptors (Lipinski definition) is 4. The maximum Gasteiger partial charge on any atom is 0.226 e. The number of amides is 1. The van der Waals surface area contributed by atoms with E-state index in [0.717, 1.165) is 28.1 Å². The number of hydrogen-bond donors (Lipinski definition) is 0. The monoisotopic (exact) mass is 376 g/mol. The first-order valence-electron chi connectivity index (χ1n) is 9.23. The summed E-state index contributed by atoms with van der Waals surface area (Å²) < 4.78 is 1.68. The molecule has 1 amide bonds. The van der Waals surface area contributed by atoms with Crippen molar-refractivity contribution in [1.82, 2.24) is 14.8 Å². The largest absolute Gasteiger partial charge is 0.316 e. The van der Waals surface area contributed by atoms with E-state index in [0.29, 0.717) is 18.4 Å². The number of carbonyl (C=O) groups excluding carboxylic acids is 2. The van der Waals surface area contributed by atoms with Crippen molar-refractivity contribution in [3.8, 4) is 11.3 Å². The third kappa shape index (κ3) is 4.17. The number of aromatic nitrogens is 3. The lowest BCUT2D eigenvalue weighted by Crippen LogP contribution is -2.25. The van der Waals surface area contributed by atoms with Crippen molar-refractivity contribution in [2.45, 2.75) is 26.7 Å². The molecule has 0 unspecified atom stereocenters. The van der Waals surface area contributed by atoms with Crippen molar-refractivity contribution in [3.63, 3.8) is 0 Å². The first kappa shape index (κ1) is 19.5. The lowest BCUT2D eigenvalue weighted by molar-refractivity contribution is -0.118. The number of aryl methyl sites for hydroxylation is 2. The molecule has 1 aromatic carbocycles. The third-order valence-electron chi connectivity index (χ3n) is 4.76. The van der Waals surface area contributed by atoms with Crippen LogP contribution in [-0.2, 0) is 18.3 Å². The normalized spacial score (nSPS) is 10.7. The fraction of sp³-hybridized carbons (Fsp3) is 0.273. The van der Waals surface area contributed by atoms with Crippen LogP contribution in [0.3, 0.4) is 0 Å². The number of rotatable bonds is 6. The maximum absolute atomic E-state index is 12.4. The van der Waals surface area contributed by atoms with Crippen LogP contribution in [0.2, 0.25) is 0 Å². The minimum Gasteiger partial charge on any atom is -0.316 e. The van der Waals surface area contributed by atoms with Crippen molar-refractivity contribution in [2.24, 2.45) is 7.05 Å². The van der Waals surface area contributed by atoms with Gasteiger partial charge in [0.2, 0.25) is 5.91 Å². The second-order valence-corrected chi connectivity index (χ2v) is 6.86. The van der Waals surface area contributed by atoms with Gasteiger partial charge in [0, 0.05) is 56.1 Å². The van der Waals surface area contributed by atoms with Gasteiger partial charge in [-0.3, -0.25) is 19.3 Å². The molecule has 0 N–H and O–H groups in total. The van der Waals surface area contributed by atoms with Crippen molar-refractivity contribution >= 4 is 17.4 Å². The molecule has 0 spiro atoms. The van der Waals surface area contributed by atoms with E-state index >= 15 is 0 Å². The van der Waals surface area contributed by atoms with Gasteiger partial charge in [-0.25, -0.2) is 0 Å². The quantitative estimate of drug-likeness (QED) is 0.617. The second-order valence-electron chi connectivity index (χ2n) is 6.86. The van der Waals surface area contributed by atoms with E-state index in [1.807, 2.05) is 51.4 Å². The smallest absolute Gasteiger partial charge is 0.226 e. The van der Waals surface area contributed by atoms with E-state index in [1.54, 1.807) is 35.1 Å². The highest BCUT2D eigenvalue weighted by molar-refractivity contribution is 5.97. The Morgan fingerprint density at radius 3 is 2.50 bits per heavy atom. The van der Waals surface area contributed by atoms with E-state index < -0.39 is 0 Å². The molecule has 2 heterocycles. The van der Waals surface area contributed by atoms with Gasteiger partial charge in [0.1, 0.15) is 0 Å².